The molecule has 0 aliphatic carbocycles. The zero-order valence-corrected chi connectivity index (χ0v) is 12.4. The third-order valence-electron chi connectivity index (χ3n) is 2.76. The lowest BCUT2D eigenvalue weighted by Crippen LogP contribution is -2.22. The van der Waals surface area contributed by atoms with Crippen molar-refractivity contribution in [1.29, 1.82) is 0 Å². The molecular weight excluding hydrogens is 298 g/mol. The van der Waals surface area contributed by atoms with Gasteiger partial charge in [-0.15, -0.1) is 0 Å². The zero-order chi connectivity index (χ0) is 15.4. The SMILES string of the molecule is CC(C)NCc1ccnc(Oc2cccc(Cl)c2F)c1F. The van der Waals surface area contributed by atoms with Gasteiger partial charge in [-0.25, -0.2) is 13.8 Å². The van der Waals surface area contributed by atoms with Crippen LogP contribution in [0.4, 0.5) is 8.78 Å². The van der Waals surface area contributed by atoms with E-state index in [0.29, 0.717) is 12.1 Å². The highest BCUT2D eigenvalue weighted by molar-refractivity contribution is 6.30. The summed E-state index contributed by atoms with van der Waals surface area (Å²) in [7, 11) is 0. The van der Waals surface area contributed by atoms with Crippen molar-refractivity contribution in [1.82, 2.24) is 10.3 Å². The number of aromatic nitrogens is 1. The molecule has 2 rings (SSSR count). The van der Waals surface area contributed by atoms with Crippen LogP contribution in [0.5, 0.6) is 11.6 Å². The lowest BCUT2D eigenvalue weighted by atomic mass is 10.2. The molecule has 0 amide bonds. The van der Waals surface area contributed by atoms with Crippen LogP contribution in [0, 0.1) is 11.6 Å². The lowest BCUT2D eigenvalue weighted by molar-refractivity contribution is 0.394. The maximum Gasteiger partial charge on any atom is 0.256 e. The maximum atomic E-state index is 14.3. The summed E-state index contributed by atoms with van der Waals surface area (Å²) >= 11 is 5.66. The summed E-state index contributed by atoms with van der Waals surface area (Å²) in [6, 6.07) is 6.03. The van der Waals surface area contributed by atoms with Crippen molar-refractivity contribution in [2.24, 2.45) is 0 Å². The number of rotatable bonds is 5. The Kier molecular flexibility index (Phi) is 5.09. The number of ether oxygens (including phenoxy) is 1. The number of hydrogen-bond acceptors (Lipinski definition) is 3. The normalized spacial score (nSPS) is 11.0. The van der Waals surface area contributed by atoms with Gasteiger partial charge in [0.2, 0.25) is 0 Å². The molecule has 0 atom stereocenters. The summed E-state index contributed by atoms with van der Waals surface area (Å²) in [6.07, 6.45) is 1.41. The average Bonchev–Trinajstić information content (AvgIpc) is 2.44. The predicted molar refractivity (Wildman–Crippen MR) is 77.7 cm³/mol. The number of benzene rings is 1. The Bertz CT molecular complexity index is 635. The van der Waals surface area contributed by atoms with Gasteiger partial charge in [0.25, 0.3) is 5.88 Å². The van der Waals surface area contributed by atoms with Crippen LogP contribution < -0.4 is 10.1 Å². The van der Waals surface area contributed by atoms with Crippen molar-refractivity contribution >= 4 is 11.6 Å². The van der Waals surface area contributed by atoms with Crippen molar-refractivity contribution in [3.8, 4) is 11.6 Å². The number of nitrogens with zero attached hydrogens (tertiary/aromatic N) is 1. The van der Waals surface area contributed by atoms with Gasteiger partial charge in [0, 0.05) is 24.3 Å². The summed E-state index contributed by atoms with van der Waals surface area (Å²) in [5, 5.41) is 3.00. The molecule has 0 aliphatic heterocycles. The van der Waals surface area contributed by atoms with Gasteiger partial charge in [-0.1, -0.05) is 31.5 Å². The van der Waals surface area contributed by atoms with Gasteiger partial charge in [0.15, 0.2) is 17.4 Å². The number of halogens is 3. The molecule has 6 heteroatoms. The van der Waals surface area contributed by atoms with E-state index in [9.17, 15) is 8.78 Å². The van der Waals surface area contributed by atoms with E-state index in [-0.39, 0.29) is 22.7 Å². The minimum absolute atomic E-state index is 0.0921. The van der Waals surface area contributed by atoms with Gasteiger partial charge >= 0.3 is 0 Å². The van der Waals surface area contributed by atoms with Crippen LogP contribution in [0.15, 0.2) is 30.5 Å². The standard InChI is InChI=1S/C15H15ClF2N2O/c1-9(2)20-8-10-6-7-19-15(13(10)17)21-12-5-3-4-11(16)14(12)18/h3-7,9,20H,8H2,1-2H3. The third-order valence-corrected chi connectivity index (χ3v) is 3.05. The van der Waals surface area contributed by atoms with Crippen molar-refractivity contribution in [2.45, 2.75) is 26.4 Å². The van der Waals surface area contributed by atoms with E-state index in [1.807, 2.05) is 13.8 Å². The lowest BCUT2D eigenvalue weighted by Gasteiger charge is -2.11. The first-order chi connectivity index (χ1) is 9.99. The minimum atomic E-state index is -0.744. The Morgan fingerprint density at radius 3 is 2.71 bits per heavy atom. The molecule has 1 heterocycles. The Labute approximate surface area is 126 Å². The van der Waals surface area contributed by atoms with Crippen molar-refractivity contribution in [3.05, 3.63) is 52.7 Å². The maximum absolute atomic E-state index is 14.3. The molecule has 0 bridgehead atoms. The summed E-state index contributed by atoms with van der Waals surface area (Å²) in [5.41, 5.74) is 0.399. The molecule has 1 aromatic carbocycles. The van der Waals surface area contributed by atoms with Crippen molar-refractivity contribution in [2.75, 3.05) is 0 Å². The van der Waals surface area contributed by atoms with Crippen LogP contribution in [0.2, 0.25) is 5.02 Å². The van der Waals surface area contributed by atoms with Gasteiger partial charge in [-0.3, -0.25) is 0 Å². The molecular formula is C15H15ClF2N2O. The van der Waals surface area contributed by atoms with Crippen LogP contribution in [-0.2, 0) is 6.54 Å². The Morgan fingerprint density at radius 2 is 2.00 bits per heavy atom. The Balaban J connectivity index is 2.24. The van der Waals surface area contributed by atoms with E-state index >= 15 is 0 Å². The molecule has 3 nitrogen and oxygen atoms in total. The van der Waals surface area contributed by atoms with Crippen molar-refractivity contribution < 1.29 is 13.5 Å². The van der Waals surface area contributed by atoms with E-state index in [1.54, 1.807) is 6.07 Å². The van der Waals surface area contributed by atoms with Crippen LogP contribution in [0.1, 0.15) is 19.4 Å². The summed E-state index contributed by atoms with van der Waals surface area (Å²) in [4.78, 5) is 3.80. The highest BCUT2D eigenvalue weighted by Crippen LogP contribution is 2.29. The second-order valence-corrected chi connectivity index (χ2v) is 5.19. The monoisotopic (exact) mass is 312 g/mol. The molecule has 1 N–H and O–H groups in total. The molecule has 0 unspecified atom stereocenters. The van der Waals surface area contributed by atoms with E-state index in [2.05, 4.69) is 10.3 Å². The van der Waals surface area contributed by atoms with Gasteiger partial charge in [0.05, 0.1) is 5.02 Å². The fourth-order valence-electron chi connectivity index (χ4n) is 1.65. The Hall–Kier alpha value is -1.72. The highest BCUT2D eigenvalue weighted by Gasteiger charge is 2.15. The van der Waals surface area contributed by atoms with Crippen LogP contribution in [-0.4, -0.2) is 11.0 Å². The molecule has 112 valence electrons. The first-order valence-corrected chi connectivity index (χ1v) is 6.85. The van der Waals surface area contributed by atoms with E-state index in [0.717, 1.165) is 0 Å². The minimum Gasteiger partial charge on any atom is -0.433 e. The fraction of sp³-hybridized carbons (Fsp3) is 0.267. The summed E-state index contributed by atoms with van der Waals surface area (Å²) in [5.74, 6) is -1.81. The molecule has 2 aromatic rings. The van der Waals surface area contributed by atoms with Gasteiger partial charge in [-0.2, -0.15) is 0 Å². The Morgan fingerprint density at radius 1 is 1.24 bits per heavy atom. The van der Waals surface area contributed by atoms with Gasteiger partial charge in [-0.05, 0) is 18.2 Å². The quantitative estimate of drug-likeness (QED) is 0.893. The first-order valence-electron chi connectivity index (χ1n) is 6.47. The second kappa shape index (κ2) is 6.83. The van der Waals surface area contributed by atoms with Gasteiger partial charge < -0.3 is 10.1 Å². The topological polar surface area (TPSA) is 34.2 Å². The third kappa shape index (κ3) is 3.89. The number of nitrogens with one attached hydrogen (secondary N) is 1. The van der Waals surface area contributed by atoms with Gasteiger partial charge in [0.1, 0.15) is 0 Å². The molecule has 0 saturated heterocycles. The molecule has 0 saturated carbocycles. The first kappa shape index (κ1) is 15.7. The van der Waals surface area contributed by atoms with Crippen LogP contribution >= 0.6 is 11.6 Å². The molecule has 0 radical (unpaired) electrons. The largest absolute Gasteiger partial charge is 0.433 e. The molecule has 1 aromatic heterocycles. The van der Waals surface area contributed by atoms with E-state index in [4.69, 9.17) is 16.3 Å². The van der Waals surface area contributed by atoms with Crippen LogP contribution in [0.25, 0.3) is 0 Å². The molecule has 21 heavy (non-hydrogen) atoms. The predicted octanol–water partition coefficient (Wildman–Crippen LogP) is 4.30. The highest BCUT2D eigenvalue weighted by atomic mass is 35.5. The summed E-state index contributed by atoms with van der Waals surface area (Å²) < 4.78 is 33.2. The van der Waals surface area contributed by atoms with Crippen molar-refractivity contribution in [3.63, 3.8) is 0 Å². The van der Waals surface area contributed by atoms with E-state index in [1.165, 1.54) is 24.4 Å². The number of hydrogen-bond donors (Lipinski definition) is 1. The summed E-state index contributed by atoms with van der Waals surface area (Å²) in [6.45, 7) is 4.25. The average molecular weight is 313 g/mol. The second-order valence-electron chi connectivity index (χ2n) is 4.78. The fourth-order valence-corrected chi connectivity index (χ4v) is 1.82. The zero-order valence-electron chi connectivity index (χ0n) is 11.7. The smallest absolute Gasteiger partial charge is 0.256 e. The molecule has 0 spiro atoms. The molecule has 0 aliphatic rings. The van der Waals surface area contributed by atoms with E-state index < -0.39 is 11.6 Å². The van der Waals surface area contributed by atoms with Crippen LogP contribution in [0.3, 0.4) is 0 Å². The number of pyridine rings is 1. The molecule has 0 fully saturated rings.